The lowest BCUT2D eigenvalue weighted by Crippen LogP contribution is -2.12. The van der Waals surface area contributed by atoms with Crippen molar-refractivity contribution in [1.29, 1.82) is 0 Å². The molecule has 3 nitrogen and oxygen atoms in total. The summed E-state index contributed by atoms with van der Waals surface area (Å²) in [5.74, 6) is -0.990. The van der Waals surface area contributed by atoms with Crippen molar-refractivity contribution >= 4 is 17.6 Å². The van der Waals surface area contributed by atoms with Crippen molar-refractivity contribution in [3.63, 3.8) is 0 Å². The van der Waals surface area contributed by atoms with Gasteiger partial charge >= 0.3 is 5.97 Å². The topological polar surface area (TPSA) is 40.5 Å². The third-order valence-electron chi connectivity index (χ3n) is 1.80. The Hall–Kier alpha value is -1.06. The van der Waals surface area contributed by atoms with Crippen molar-refractivity contribution in [3.05, 3.63) is 34.3 Å². The summed E-state index contributed by atoms with van der Waals surface area (Å²) in [5, 5.41) is 9.15. The summed E-state index contributed by atoms with van der Waals surface area (Å²) in [6.07, 6.45) is 0. The number of carboxylic acids is 1. The first kappa shape index (κ1) is 11.0. The predicted molar refractivity (Wildman–Crippen MR) is 55.8 cm³/mol. The SMILES string of the molecule is CN(C)Cc1cccc(C(=O)O)c1Cl. The molecule has 0 spiro atoms. The first-order valence-corrected chi connectivity index (χ1v) is 4.55. The number of carboxylic acid groups (broad SMARTS) is 1. The Morgan fingerprint density at radius 2 is 2.14 bits per heavy atom. The summed E-state index contributed by atoms with van der Waals surface area (Å²) in [4.78, 5) is 12.7. The molecule has 76 valence electrons. The Morgan fingerprint density at radius 1 is 1.50 bits per heavy atom. The molecule has 0 fully saturated rings. The van der Waals surface area contributed by atoms with E-state index in [1.165, 1.54) is 6.07 Å². The molecule has 0 aliphatic heterocycles. The minimum Gasteiger partial charge on any atom is -0.478 e. The van der Waals surface area contributed by atoms with Crippen molar-refractivity contribution < 1.29 is 9.90 Å². The fraction of sp³-hybridized carbons (Fsp3) is 0.300. The smallest absolute Gasteiger partial charge is 0.337 e. The number of hydrogen-bond acceptors (Lipinski definition) is 2. The average molecular weight is 214 g/mol. The van der Waals surface area contributed by atoms with Crippen LogP contribution in [0, 0.1) is 0 Å². The highest BCUT2D eigenvalue weighted by atomic mass is 35.5. The van der Waals surface area contributed by atoms with Gasteiger partial charge in [-0.25, -0.2) is 4.79 Å². The van der Waals surface area contributed by atoms with E-state index in [0.717, 1.165) is 5.56 Å². The van der Waals surface area contributed by atoms with E-state index in [4.69, 9.17) is 16.7 Å². The lowest BCUT2D eigenvalue weighted by Gasteiger charge is -2.12. The molecule has 1 N–H and O–H groups in total. The number of hydrogen-bond donors (Lipinski definition) is 1. The molecule has 0 bridgehead atoms. The van der Waals surface area contributed by atoms with Gasteiger partial charge in [0, 0.05) is 6.54 Å². The molecule has 0 radical (unpaired) electrons. The van der Waals surface area contributed by atoms with Crippen LogP contribution in [0.1, 0.15) is 15.9 Å². The van der Waals surface area contributed by atoms with Crippen LogP contribution in [-0.2, 0) is 6.54 Å². The fourth-order valence-electron chi connectivity index (χ4n) is 1.21. The second kappa shape index (κ2) is 4.44. The normalized spacial score (nSPS) is 10.6. The molecule has 1 rings (SSSR count). The molecule has 0 aliphatic rings. The standard InChI is InChI=1S/C10H12ClNO2/c1-12(2)6-7-4-3-5-8(9(7)11)10(13)14/h3-5H,6H2,1-2H3,(H,13,14). The van der Waals surface area contributed by atoms with E-state index in [2.05, 4.69) is 0 Å². The summed E-state index contributed by atoms with van der Waals surface area (Å²) in [6, 6.07) is 5.03. The second-order valence-electron chi connectivity index (χ2n) is 3.32. The van der Waals surface area contributed by atoms with Crippen LogP contribution in [0.4, 0.5) is 0 Å². The van der Waals surface area contributed by atoms with E-state index in [9.17, 15) is 4.79 Å². The van der Waals surface area contributed by atoms with E-state index in [0.29, 0.717) is 11.6 Å². The number of aromatic carboxylic acids is 1. The van der Waals surface area contributed by atoms with Gasteiger partial charge in [0.05, 0.1) is 10.6 Å². The van der Waals surface area contributed by atoms with Crippen molar-refractivity contribution in [3.8, 4) is 0 Å². The van der Waals surface area contributed by atoms with Gasteiger partial charge in [-0.15, -0.1) is 0 Å². The first-order valence-electron chi connectivity index (χ1n) is 4.17. The number of rotatable bonds is 3. The Balaban J connectivity index is 3.07. The van der Waals surface area contributed by atoms with Crippen LogP contribution in [0.15, 0.2) is 18.2 Å². The van der Waals surface area contributed by atoms with Gasteiger partial charge in [-0.3, -0.25) is 0 Å². The maximum Gasteiger partial charge on any atom is 0.337 e. The molecule has 0 unspecified atom stereocenters. The van der Waals surface area contributed by atoms with Crippen molar-refractivity contribution in [2.45, 2.75) is 6.54 Å². The fourth-order valence-corrected chi connectivity index (χ4v) is 1.47. The summed E-state index contributed by atoms with van der Waals surface area (Å²) >= 11 is 5.94. The molecule has 0 heterocycles. The highest BCUT2D eigenvalue weighted by Gasteiger charge is 2.11. The molecular weight excluding hydrogens is 202 g/mol. The zero-order valence-corrected chi connectivity index (χ0v) is 8.88. The van der Waals surface area contributed by atoms with Crippen LogP contribution >= 0.6 is 11.6 Å². The minimum absolute atomic E-state index is 0.158. The highest BCUT2D eigenvalue weighted by molar-refractivity contribution is 6.34. The summed E-state index contributed by atoms with van der Waals surface area (Å²) in [6.45, 7) is 0.639. The van der Waals surface area contributed by atoms with Crippen LogP contribution in [0.25, 0.3) is 0 Å². The molecule has 0 saturated heterocycles. The molecule has 0 aliphatic carbocycles. The van der Waals surface area contributed by atoms with Crippen LogP contribution in [-0.4, -0.2) is 30.1 Å². The molecule has 4 heteroatoms. The Morgan fingerprint density at radius 3 is 2.64 bits per heavy atom. The number of halogens is 1. The minimum atomic E-state index is -0.990. The van der Waals surface area contributed by atoms with Gasteiger partial charge in [0.1, 0.15) is 0 Å². The first-order chi connectivity index (χ1) is 6.52. The molecule has 14 heavy (non-hydrogen) atoms. The van der Waals surface area contributed by atoms with E-state index in [-0.39, 0.29) is 5.56 Å². The van der Waals surface area contributed by atoms with E-state index < -0.39 is 5.97 Å². The monoisotopic (exact) mass is 213 g/mol. The third kappa shape index (κ3) is 2.47. The average Bonchev–Trinajstić information content (AvgIpc) is 2.07. The maximum atomic E-state index is 10.8. The molecule has 0 amide bonds. The lowest BCUT2D eigenvalue weighted by molar-refractivity contribution is 0.0697. The van der Waals surface area contributed by atoms with Crippen LogP contribution in [0.3, 0.4) is 0 Å². The van der Waals surface area contributed by atoms with Gasteiger partial charge in [-0.05, 0) is 25.7 Å². The van der Waals surface area contributed by atoms with Gasteiger partial charge in [0.2, 0.25) is 0 Å². The van der Waals surface area contributed by atoms with Gasteiger partial charge in [-0.1, -0.05) is 23.7 Å². The van der Waals surface area contributed by atoms with Gasteiger partial charge in [0.25, 0.3) is 0 Å². The highest BCUT2D eigenvalue weighted by Crippen LogP contribution is 2.21. The Kier molecular flexibility index (Phi) is 3.49. The van der Waals surface area contributed by atoms with E-state index in [1.807, 2.05) is 25.1 Å². The van der Waals surface area contributed by atoms with E-state index in [1.54, 1.807) is 6.07 Å². The largest absolute Gasteiger partial charge is 0.478 e. The quantitative estimate of drug-likeness (QED) is 0.836. The van der Waals surface area contributed by atoms with Crippen molar-refractivity contribution in [1.82, 2.24) is 4.90 Å². The summed E-state index contributed by atoms with van der Waals surface area (Å²) in [5.41, 5.74) is 0.989. The lowest BCUT2D eigenvalue weighted by atomic mass is 10.1. The van der Waals surface area contributed by atoms with E-state index >= 15 is 0 Å². The Labute approximate surface area is 87.9 Å². The molecule has 0 aromatic heterocycles. The molecule has 1 aromatic rings. The van der Waals surface area contributed by atoms with Crippen LogP contribution in [0.5, 0.6) is 0 Å². The number of nitrogens with zero attached hydrogens (tertiary/aromatic N) is 1. The zero-order chi connectivity index (χ0) is 10.7. The zero-order valence-electron chi connectivity index (χ0n) is 8.12. The summed E-state index contributed by atoms with van der Waals surface area (Å²) in [7, 11) is 3.81. The van der Waals surface area contributed by atoms with Crippen molar-refractivity contribution in [2.24, 2.45) is 0 Å². The van der Waals surface area contributed by atoms with Crippen LogP contribution in [0.2, 0.25) is 5.02 Å². The molecule has 0 saturated carbocycles. The maximum absolute atomic E-state index is 10.8. The van der Waals surface area contributed by atoms with Crippen LogP contribution < -0.4 is 0 Å². The third-order valence-corrected chi connectivity index (χ3v) is 2.24. The Bertz CT molecular complexity index is 350. The number of benzene rings is 1. The molecule has 1 aromatic carbocycles. The van der Waals surface area contributed by atoms with Gasteiger partial charge in [-0.2, -0.15) is 0 Å². The molecular formula is C10H12ClNO2. The molecule has 0 atom stereocenters. The predicted octanol–water partition coefficient (Wildman–Crippen LogP) is 2.10. The van der Waals surface area contributed by atoms with Gasteiger partial charge in [0.15, 0.2) is 0 Å². The second-order valence-corrected chi connectivity index (χ2v) is 3.70. The van der Waals surface area contributed by atoms with Gasteiger partial charge < -0.3 is 10.0 Å². The number of carbonyl (C=O) groups is 1. The summed E-state index contributed by atoms with van der Waals surface area (Å²) < 4.78 is 0. The van der Waals surface area contributed by atoms with Crippen molar-refractivity contribution in [2.75, 3.05) is 14.1 Å².